The molecule has 1 aromatic carbocycles. The predicted octanol–water partition coefficient (Wildman–Crippen LogP) is 1.72. The molecule has 3 N–H and O–H groups in total. The van der Waals surface area contributed by atoms with Gasteiger partial charge in [-0.15, -0.1) is 0 Å². The summed E-state index contributed by atoms with van der Waals surface area (Å²) in [4.78, 5) is 0.269. The van der Waals surface area contributed by atoms with Gasteiger partial charge in [-0.25, -0.2) is 12.7 Å². The maximum Gasteiger partial charge on any atom is 0.244 e. The van der Waals surface area contributed by atoms with Crippen LogP contribution in [0.25, 0.3) is 0 Å². The number of hydrogen-bond donors (Lipinski definition) is 2. The molecular weight excluding hydrogens is 274 g/mol. The lowest BCUT2D eigenvalue weighted by molar-refractivity contribution is 0.381. The van der Waals surface area contributed by atoms with Crippen molar-refractivity contribution in [3.8, 4) is 0 Å². The summed E-state index contributed by atoms with van der Waals surface area (Å²) in [6.07, 6.45) is 0. The summed E-state index contributed by atoms with van der Waals surface area (Å²) >= 11 is 0. The van der Waals surface area contributed by atoms with Gasteiger partial charge in [0, 0.05) is 26.2 Å². The van der Waals surface area contributed by atoms with E-state index in [0.717, 1.165) is 0 Å². The first-order valence-corrected chi connectivity index (χ1v) is 8.09. The third kappa shape index (κ3) is 3.31. The molecule has 5 nitrogen and oxygen atoms in total. The van der Waals surface area contributed by atoms with Crippen molar-refractivity contribution in [3.05, 3.63) is 24.3 Å². The van der Waals surface area contributed by atoms with E-state index in [1.165, 1.54) is 18.4 Å². The molecular formula is C14H25N3O2S. The highest BCUT2D eigenvalue weighted by atomic mass is 32.2. The average molecular weight is 299 g/mol. The summed E-state index contributed by atoms with van der Waals surface area (Å²) in [7, 11) is -0.435. The molecule has 0 saturated heterocycles. The van der Waals surface area contributed by atoms with Crippen molar-refractivity contribution in [3.63, 3.8) is 0 Å². The summed E-state index contributed by atoms with van der Waals surface area (Å²) in [6, 6.07) is 6.91. The van der Waals surface area contributed by atoms with Crippen LogP contribution in [-0.4, -0.2) is 38.9 Å². The van der Waals surface area contributed by atoms with Crippen molar-refractivity contribution in [2.45, 2.75) is 31.2 Å². The molecule has 0 fully saturated rings. The van der Waals surface area contributed by atoms with Crippen molar-refractivity contribution in [1.82, 2.24) is 4.31 Å². The molecule has 6 heteroatoms. The van der Waals surface area contributed by atoms with E-state index in [2.05, 4.69) is 19.2 Å². The number of nitrogens with two attached hydrogens (primary N) is 1. The van der Waals surface area contributed by atoms with Crippen molar-refractivity contribution >= 4 is 15.7 Å². The van der Waals surface area contributed by atoms with E-state index in [1.54, 1.807) is 18.2 Å². The molecule has 1 aromatic rings. The van der Waals surface area contributed by atoms with Gasteiger partial charge in [0.1, 0.15) is 4.90 Å². The Bertz CT molecular complexity index is 555. The highest BCUT2D eigenvalue weighted by Gasteiger charge is 2.29. The monoisotopic (exact) mass is 299 g/mol. The van der Waals surface area contributed by atoms with Crippen molar-refractivity contribution < 1.29 is 8.42 Å². The molecule has 0 spiro atoms. The predicted molar refractivity (Wildman–Crippen MR) is 83.2 cm³/mol. The summed E-state index contributed by atoms with van der Waals surface area (Å²) < 4.78 is 25.9. The number of rotatable bonds is 6. The van der Waals surface area contributed by atoms with Gasteiger partial charge in [-0.05, 0) is 25.0 Å². The van der Waals surface area contributed by atoms with Gasteiger partial charge in [0.2, 0.25) is 10.0 Å². The fourth-order valence-corrected chi connectivity index (χ4v) is 2.77. The van der Waals surface area contributed by atoms with Crippen LogP contribution < -0.4 is 11.1 Å². The molecule has 0 aliphatic carbocycles. The van der Waals surface area contributed by atoms with Gasteiger partial charge < -0.3 is 11.1 Å². The first kappa shape index (κ1) is 16.9. The van der Waals surface area contributed by atoms with Crippen LogP contribution in [0.2, 0.25) is 0 Å². The van der Waals surface area contributed by atoms with Crippen molar-refractivity contribution in [1.29, 1.82) is 0 Å². The van der Waals surface area contributed by atoms with E-state index >= 15 is 0 Å². The minimum Gasteiger partial charge on any atom is -0.377 e. The summed E-state index contributed by atoms with van der Waals surface area (Å²) in [5, 5.41) is 3.30. The normalized spacial score (nSPS) is 15.4. The Morgan fingerprint density at radius 2 is 1.85 bits per heavy atom. The zero-order valence-corrected chi connectivity index (χ0v) is 13.7. The second-order valence-corrected chi connectivity index (χ2v) is 7.81. The number of benzene rings is 1. The molecule has 0 aliphatic rings. The molecule has 0 aromatic heterocycles. The van der Waals surface area contributed by atoms with Crippen LogP contribution in [0.15, 0.2) is 29.2 Å². The molecule has 114 valence electrons. The third-order valence-corrected chi connectivity index (χ3v) is 5.64. The fourth-order valence-electron chi connectivity index (χ4n) is 1.73. The van der Waals surface area contributed by atoms with Gasteiger partial charge in [0.05, 0.1) is 5.69 Å². The molecule has 0 amide bonds. The van der Waals surface area contributed by atoms with Gasteiger partial charge in [0.15, 0.2) is 0 Å². The van der Waals surface area contributed by atoms with E-state index in [4.69, 9.17) is 5.73 Å². The van der Waals surface area contributed by atoms with Crippen LogP contribution >= 0.6 is 0 Å². The van der Waals surface area contributed by atoms with E-state index in [1.807, 2.05) is 13.0 Å². The fraction of sp³-hybridized carbons (Fsp3) is 0.571. The number of nitrogens with one attached hydrogen (secondary N) is 1. The SMILES string of the molecule is CC(C)C(C)(CN)Nc1ccccc1S(=O)(=O)N(C)C. The van der Waals surface area contributed by atoms with Crippen LogP contribution in [0.4, 0.5) is 5.69 Å². The van der Waals surface area contributed by atoms with E-state index in [-0.39, 0.29) is 16.4 Å². The van der Waals surface area contributed by atoms with E-state index < -0.39 is 10.0 Å². The lowest BCUT2D eigenvalue weighted by Crippen LogP contribution is -2.47. The Labute approximate surface area is 122 Å². The standard InChI is InChI=1S/C14H25N3O2S/c1-11(2)14(3,10-15)16-12-8-6-7-9-13(12)20(18,19)17(4)5/h6-9,11,16H,10,15H2,1-5H3. The summed E-state index contributed by atoms with van der Waals surface area (Å²) in [5.74, 6) is 0.266. The molecule has 0 heterocycles. The molecule has 0 bridgehead atoms. The van der Waals surface area contributed by atoms with E-state index in [9.17, 15) is 8.42 Å². The molecule has 1 atom stereocenters. The molecule has 1 unspecified atom stereocenters. The Hall–Kier alpha value is -1.11. The molecule has 0 aliphatic heterocycles. The number of hydrogen-bond acceptors (Lipinski definition) is 4. The molecule has 1 rings (SSSR count). The smallest absolute Gasteiger partial charge is 0.244 e. The zero-order valence-electron chi connectivity index (χ0n) is 12.8. The summed E-state index contributed by atoms with van der Waals surface area (Å²) in [5.41, 5.74) is 6.08. The van der Waals surface area contributed by atoms with Crippen LogP contribution in [0, 0.1) is 5.92 Å². The molecule has 20 heavy (non-hydrogen) atoms. The van der Waals surface area contributed by atoms with Gasteiger partial charge in [-0.1, -0.05) is 26.0 Å². The van der Waals surface area contributed by atoms with Crippen molar-refractivity contribution in [2.24, 2.45) is 11.7 Å². The number of nitrogens with zero attached hydrogens (tertiary/aromatic N) is 1. The highest BCUT2D eigenvalue weighted by Crippen LogP contribution is 2.28. The molecule has 0 radical (unpaired) electrons. The lowest BCUT2D eigenvalue weighted by Gasteiger charge is -2.35. The van der Waals surface area contributed by atoms with Crippen LogP contribution in [0.3, 0.4) is 0 Å². The Kier molecular flexibility index (Phi) is 5.18. The van der Waals surface area contributed by atoms with Crippen LogP contribution in [0.1, 0.15) is 20.8 Å². The van der Waals surface area contributed by atoms with Crippen molar-refractivity contribution in [2.75, 3.05) is 26.0 Å². The maximum atomic E-state index is 12.4. The van der Waals surface area contributed by atoms with Gasteiger partial charge >= 0.3 is 0 Å². The average Bonchev–Trinajstić information content (AvgIpc) is 2.38. The number of sulfonamides is 1. The van der Waals surface area contributed by atoms with Crippen LogP contribution in [-0.2, 0) is 10.0 Å². The minimum absolute atomic E-state index is 0.266. The Morgan fingerprint density at radius 1 is 1.30 bits per heavy atom. The zero-order chi connectivity index (χ0) is 15.6. The topological polar surface area (TPSA) is 75.4 Å². The maximum absolute atomic E-state index is 12.4. The lowest BCUT2D eigenvalue weighted by atomic mass is 9.88. The Morgan fingerprint density at radius 3 is 2.30 bits per heavy atom. The van der Waals surface area contributed by atoms with Gasteiger partial charge in [0.25, 0.3) is 0 Å². The quantitative estimate of drug-likeness (QED) is 0.838. The third-order valence-electron chi connectivity index (χ3n) is 3.76. The first-order valence-electron chi connectivity index (χ1n) is 6.65. The second kappa shape index (κ2) is 6.11. The summed E-state index contributed by atoms with van der Waals surface area (Å²) in [6.45, 7) is 6.53. The largest absolute Gasteiger partial charge is 0.377 e. The second-order valence-electron chi connectivity index (χ2n) is 5.68. The minimum atomic E-state index is -3.48. The van der Waals surface area contributed by atoms with Crippen LogP contribution in [0.5, 0.6) is 0 Å². The number of anilines is 1. The van der Waals surface area contributed by atoms with Gasteiger partial charge in [-0.2, -0.15) is 0 Å². The van der Waals surface area contributed by atoms with E-state index in [0.29, 0.717) is 12.2 Å². The Balaban J connectivity index is 3.29. The number of para-hydroxylation sites is 1. The molecule has 0 saturated carbocycles. The van der Waals surface area contributed by atoms with Gasteiger partial charge in [-0.3, -0.25) is 0 Å². The highest BCUT2D eigenvalue weighted by molar-refractivity contribution is 7.89. The first-order chi connectivity index (χ1) is 9.15.